The summed E-state index contributed by atoms with van der Waals surface area (Å²) in [4.78, 5) is 18.9. The largest absolute Gasteiger partial charge is 0.343 e. The SMILES string of the molecule is CCC[C@H](NC(=O)c1cc2cc(S(=O)(=O)N(C)C)ccc2n1Cc1ccncc1)c1cccs1. The molecule has 9 heteroatoms. The average Bonchev–Trinajstić information content (AvgIpc) is 3.48. The molecule has 0 spiro atoms. The molecule has 3 aromatic heterocycles. The van der Waals surface area contributed by atoms with Crippen molar-refractivity contribution in [2.75, 3.05) is 14.1 Å². The number of carbonyl (C=O) groups is 1. The standard InChI is InChI=1S/C25H28N4O3S2/c1-4-6-21(24-7-5-14-33-24)27-25(30)23-16-19-15-20(34(31,32)28(2)3)8-9-22(19)29(23)17-18-10-12-26-13-11-18/h5,7-16,21H,4,6,17H2,1-3H3,(H,27,30)/t21-/m0/s1. The van der Waals surface area contributed by atoms with E-state index in [1.165, 1.54) is 18.4 Å². The fourth-order valence-electron chi connectivity index (χ4n) is 3.95. The van der Waals surface area contributed by atoms with E-state index in [9.17, 15) is 13.2 Å². The van der Waals surface area contributed by atoms with Crippen molar-refractivity contribution in [2.24, 2.45) is 0 Å². The van der Waals surface area contributed by atoms with Crippen molar-refractivity contribution in [3.05, 3.63) is 82.4 Å². The molecule has 0 bridgehead atoms. The van der Waals surface area contributed by atoms with Crippen LogP contribution in [0.1, 0.15) is 46.7 Å². The Hall–Kier alpha value is -3.01. The van der Waals surface area contributed by atoms with E-state index in [0.29, 0.717) is 17.6 Å². The van der Waals surface area contributed by atoms with Gasteiger partial charge in [-0.3, -0.25) is 9.78 Å². The van der Waals surface area contributed by atoms with Crippen LogP contribution in [0.15, 0.2) is 71.2 Å². The first-order valence-corrected chi connectivity index (χ1v) is 13.4. The number of benzene rings is 1. The van der Waals surface area contributed by atoms with E-state index in [2.05, 4.69) is 17.2 Å². The van der Waals surface area contributed by atoms with Gasteiger partial charge in [0.05, 0.1) is 10.9 Å². The third-order valence-corrected chi connectivity index (χ3v) is 8.54. The first-order chi connectivity index (χ1) is 16.3. The molecule has 1 atom stereocenters. The third-order valence-electron chi connectivity index (χ3n) is 5.74. The predicted molar refractivity (Wildman–Crippen MR) is 136 cm³/mol. The van der Waals surface area contributed by atoms with Gasteiger partial charge < -0.3 is 9.88 Å². The monoisotopic (exact) mass is 496 g/mol. The van der Waals surface area contributed by atoms with Crippen LogP contribution in [0, 0.1) is 0 Å². The van der Waals surface area contributed by atoms with E-state index in [1.807, 2.05) is 34.2 Å². The van der Waals surface area contributed by atoms with Gasteiger partial charge >= 0.3 is 0 Å². The second-order valence-electron chi connectivity index (χ2n) is 8.31. The van der Waals surface area contributed by atoms with E-state index in [4.69, 9.17) is 0 Å². The number of aromatic nitrogens is 2. The summed E-state index contributed by atoms with van der Waals surface area (Å²) in [5, 5.41) is 5.91. The number of fused-ring (bicyclic) bond motifs is 1. The Balaban J connectivity index is 1.78. The van der Waals surface area contributed by atoms with Gasteiger partial charge in [-0.15, -0.1) is 11.3 Å². The summed E-state index contributed by atoms with van der Waals surface area (Å²) >= 11 is 1.63. The Labute approximate surface area is 204 Å². The van der Waals surface area contributed by atoms with Gasteiger partial charge in [0, 0.05) is 48.8 Å². The molecule has 1 N–H and O–H groups in total. The summed E-state index contributed by atoms with van der Waals surface area (Å²) in [5.41, 5.74) is 2.28. The number of pyridine rings is 1. The lowest BCUT2D eigenvalue weighted by atomic mass is 10.1. The number of carbonyl (C=O) groups excluding carboxylic acids is 1. The van der Waals surface area contributed by atoms with E-state index in [1.54, 1.807) is 48.0 Å². The lowest BCUT2D eigenvalue weighted by Gasteiger charge is -2.18. The van der Waals surface area contributed by atoms with Crippen LogP contribution in [0.4, 0.5) is 0 Å². The fourth-order valence-corrected chi connectivity index (χ4v) is 5.70. The van der Waals surface area contributed by atoms with Crippen LogP contribution in [0.3, 0.4) is 0 Å². The van der Waals surface area contributed by atoms with Gasteiger partial charge in [-0.1, -0.05) is 19.4 Å². The minimum Gasteiger partial charge on any atom is -0.343 e. The molecular weight excluding hydrogens is 468 g/mol. The van der Waals surface area contributed by atoms with Crippen LogP contribution >= 0.6 is 11.3 Å². The molecule has 0 fully saturated rings. The molecule has 0 unspecified atom stereocenters. The van der Waals surface area contributed by atoms with Gasteiger partial charge in [0.25, 0.3) is 5.91 Å². The first kappa shape index (κ1) is 24.1. The molecule has 0 saturated heterocycles. The highest BCUT2D eigenvalue weighted by Gasteiger charge is 2.23. The molecule has 1 amide bonds. The molecule has 0 aliphatic rings. The Bertz CT molecular complexity index is 1380. The van der Waals surface area contributed by atoms with Gasteiger partial charge in [-0.25, -0.2) is 12.7 Å². The van der Waals surface area contributed by atoms with Gasteiger partial charge in [0.2, 0.25) is 10.0 Å². The number of nitrogens with zero attached hydrogens (tertiary/aromatic N) is 3. The zero-order valence-corrected chi connectivity index (χ0v) is 21.1. The van der Waals surface area contributed by atoms with Crippen molar-refractivity contribution in [1.29, 1.82) is 0 Å². The number of hydrogen-bond donors (Lipinski definition) is 1. The third kappa shape index (κ3) is 4.91. The zero-order chi connectivity index (χ0) is 24.3. The van der Waals surface area contributed by atoms with Crippen molar-refractivity contribution in [1.82, 2.24) is 19.2 Å². The molecule has 34 heavy (non-hydrogen) atoms. The maximum Gasteiger partial charge on any atom is 0.268 e. The van der Waals surface area contributed by atoms with Crippen molar-refractivity contribution in [3.63, 3.8) is 0 Å². The molecule has 4 rings (SSSR count). The number of thiophene rings is 1. The average molecular weight is 497 g/mol. The van der Waals surface area contributed by atoms with Crippen molar-refractivity contribution in [2.45, 2.75) is 37.2 Å². The maximum absolute atomic E-state index is 13.5. The number of sulfonamides is 1. The summed E-state index contributed by atoms with van der Waals surface area (Å²) in [6.07, 6.45) is 5.21. The predicted octanol–water partition coefficient (Wildman–Crippen LogP) is 4.67. The number of nitrogens with one attached hydrogen (secondary N) is 1. The molecule has 0 saturated carbocycles. The summed E-state index contributed by atoms with van der Waals surface area (Å²) in [7, 11) is -0.580. The summed E-state index contributed by atoms with van der Waals surface area (Å²) in [6.45, 7) is 2.56. The number of rotatable bonds is 9. The minimum absolute atomic E-state index is 0.0745. The summed E-state index contributed by atoms with van der Waals surface area (Å²) in [5.74, 6) is -0.186. The second kappa shape index (κ2) is 10.1. The van der Waals surface area contributed by atoms with Crippen molar-refractivity contribution < 1.29 is 13.2 Å². The second-order valence-corrected chi connectivity index (χ2v) is 11.4. The molecule has 3 heterocycles. The van der Waals surface area contributed by atoms with Crippen LogP contribution in [0.2, 0.25) is 0 Å². The molecule has 0 aliphatic carbocycles. The normalized spacial score (nSPS) is 12.8. The highest BCUT2D eigenvalue weighted by atomic mass is 32.2. The minimum atomic E-state index is -3.59. The van der Waals surface area contributed by atoms with Crippen LogP contribution in [-0.4, -0.2) is 42.3 Å². The molecule has 0 aliphatic heterocycles. The van der Waals surface area contributed by atoms with Crippen molar-refractivity contribution >= 4 is 38.2 Å². The molecule has 178 valence electrons. The molecular formula is C25H28N4O3S2. The van der Waals surface area contributed by atoms with E-state index in [0.717, 1.165) is 28.8 Å². The maximum atomic E-state index is 13.5. The molecule has 4 aromatic rings. The van der Waals surface area contributed by atoms with Gasteiger partial charge in [0.15, 0.2) is 0 Å². The molecule has 0 radical (unpaired) electrons. The Kier molecular flexibility index (Phi) is 7.16. The fraction of sp³-hybridized carbons (Fsp3) is 0.280. The van der Waals surface area contributed by atoms with Gasteiger partial charge in [-0.05, 0) is 59.8 Å². The summed E-state index contributed by atoms with van der Waals surface area (Å²) in [6, 6.07) is 14.5. The number of hydrogen-bond acceptors (Lipinski definition) is 5. The zero-order valence-electron chi connectivity index (χ0n) is 19.4. The Morgan fingerprint density at radius 2 is 1.91 bits per heavy atom. The lowest BCUT2D eigenvalue weighted by molar-refractivity contribution is 0.0926. The quantitative estimate of drug-likeness (QED) is 0.365. The molecule has 7 nitrogen and oxygen atoms in total. The van der Waals surface area contributed by atoms with E-state index >= 15 is 0 Å². The number of amides is 1. The Morgan fingerprint density at radius 1 is 1.15 bits per heavy atom. The smallest absolute Gasteiger partial charge is 0.268 e. The van der Waals surface area contributed by atoms with Crippen molar-refractivity contribution in [3.8, 4) is 0 Å². The van der Waals surface area contributed by atoms with Crippen LogP contribution in [0.5, 0.6) is 0 Å². The van der Waals surface area contributed by atoms with Crippen LogP contribution in [-0.2, 0) is 16.6 Å². The first-order valence-electron chi connectivity index (χ1n) is 11.1. The van der Waals surface area contributed by atoms with Crippen LogP contribution in [0.25, 0.3) is 10.9 Å². The highest BCUT2D eigenvalue weighted by Crippen LogP contribution is 2.28. The molecule has 1 aromatic carbocycles. The lowest BCUT2D eigenvalue weighted by Crippen LogP contribution is -2.30. The van der Waals surface area contributed by atoms with Gasteiger partial charge in [0.1, 0.15) is 5.69 Å². The van der Waals surface area contributed by atoms with E-state index in [-0.39, 0.29) is 16.8 Å². The van der Waals surface area contributed by atoms with Gasteiger partial charge in [-0.2, -0.15) is 0 Å². The topological polar surface area (TPSA) is 84.3 Å². The highest BCUT2D eigenvalue weighted by molar-refractivity contribution is 7.89. The van der Waals surface area contributed by atoms with E-state index < -0.39 is 10.0 Å². The van der Waals surface area contributed by atoms with Crippen LogP contribution < -0.4 is 5.32 Å². The summed E-state index contributed by atoms with van der Waals surface area (Å²) < 4.78 is 28.5. The Morgan fingerprint density at radius 3 is 2.56 bits per heavy atom.